The molecule has 109 heavy (non-hydrogen) atoms. The molecule has 0 saturated heterocycles. The largest absolute Gasteiger partial charge is 0.460 e. The maximum absolute atomic E-state index is 13.0. The van der Waals surface area contributed by atoms with Crippen molar-refractivity contribution in [1.29, 1.82) is 5.41 Å². The molecule has 0 aromatic heterocycles. The first kappa shape index (κ1) is 106. The molecule has 6 unspecified atom stereocenters. The van der Waals surface area contributed by atoms with E-state index in [9.17, 15) is 57.5 Å². The normalized spacial score (nSPS) is 14.1. The second-order valence-corrected chi connectivity index (χ2v) is 36.8. The summed E-state index contributed by atoms with van der Waals surface area (Å²) >= 11 is 0. The number of nitrogens with two attached hydrogens (primary N) is 2. The quantitative estimate of drug-likeness (QED) is 0.0176. The van der Waals surface area contributed by atoms with Crippen molar-refractivity contribution in [1.82, 2.24) is 31.9 Å². The summed E-state index contributed by atoms with van der Waals surface area (Å²) in [6.45, 7) is 59.7. The number of benzene rings is 2. The summed E-state index contributed by atoms with van der Waals surface area (Å²) in [5.74, 6) is -2.22. The Morgan fingerprint density at radius 3 is 0.927 bits per heavy atom. The fraction of sp³-hybridized carbons (Fsp3) is 0.702. The van der Waals surface area contributed by atoms with Gasteiger partial charge in [0.25, 0.3) is 0 Å². The van der Waals surface area contributed by atoms with Gasteiger partial charge < -0.3 is 68.9 Å². The topological polar surface area (TPSA) is 395 Å². The monoisotopic (exact) mass is 1530 g/mol. The number of primary amides is 2. The number of hydrogen-bond acceptors (Lipinski definition) is 19. The molecule has 2 rings (SSSR count). The van der Waals surface area contributed by atoms with Crippen LogP contribution in [0.3, 0.4) is 0 Å². The van der Waals surface area contributed by atoms with E-state index < -0.39 is 46.2 Å². The third-order valence-electron chi connectivity index (χ3n) is 16.0. The van der Waals surface area contributed by atoms with Gasteiger partial charge in [-0.15, -0.1) is 0 Å². The number of carbonyl (C=O) groups excluding carboxylic acids is 12. The molecule has 0 fully saturated rings. The average Bonchev–Trinajstić information content (AvgIpc) is 0.850. The van der Waals surface area contributed by atoms with Gasteiger partial charge in [-0.05, 0) is 227 Å². The van der Waals surface area contributed by atoms with Crippen LogP contribution >= 0.6 is 0 Å². The zero-order valence-electron chi connectivity index (χ0n) is 72.7. The fourth-order valence-corrected chi connectivity index (χ4v) is 10.6. The number of anilines is 2. The summed E-state index contributed by atoms with van der Waals surface area (Å²) in [6.07, 6.45) is 4.14. The van der Waals surface area contributed by atoms with E-state index in [4.69, 9.17) is 26.4 Å². The van der Waals surface area contributed by atoms with E-state index in [0.29, 0.717) is 56.6 Å². The molecule has 25 heteroatoms. The zero-order chi connectivity index (χ0) is 85.8. The molecular formula is C84H147N11O14. The Balaban J connectivity index is -0.00000139. The number of nitrogens with one attached hydrogen (secondary N) is 9. The van der Waals surface area contributed by atoms with Crippen LogP contribution in [0.4, 0.5) is 21.0 Å². The number of amides is 6. The van der Waals surface area contributed by atoms with Crippen molar-refractivity contribution >= 4 is 88.1 Å². The Hall–Kier alpha value is -7.61. The molecule has 0 heterocycles. The molecule has 0 radical (unpaired) electrons. The minimum Gasteiger partial charge on any atom is -0.460 e. The Morgan fingerprint density at radius 2 is 0.651 bits per heavy atom. The molecule has 622 valence electrons. The minimum absolute atomic E-state index is 0.0126. The summed E-state index contributed by atoms with van der Waals surface area (Å²) in [6, 6.07) is 11.7. The van der Waals surface area contributed by atoms with Gasteiger partial charge in [-0.2, -0.15) is 0 Å². The first-order valence-corrected chi connectivity index (χ1v) is 38.2. The van der Waals surface area contributed by atoms with E-state index in [0.717, 1.165) is 11.1 Å². The van der Waals surface area contributed by atoms with Crippen LogP contribution in [-0.4, -0.2) is 136 Å². The molecule has 0 saturated carbocycles. The van der Waals surface area contributed by atoms with Crippen molar-refractivity contribution in [2.24, 2.45) is 56.8 Å². The molecule has 0 aliphatic rings. The molecule has 0 spiro atoms. The van der Waals surface area contributed by atoms with E-state index in [1.165, 1.54) is 6.21 Å². The van der Waals surface area contributed by atoms with Gasteiger partial charge in [0.15, 0.2) is 0 Å². The van der Waals surface area contributed by atoms with E-state index >= 15 is 0 Å². The lowest BCUT2D eigenvalue weighted by molar-refractivity contribution is -0.155. The van der Waals surface area contributed by atoms with Gasteiger partial charge in [-0.1, -0.05) is 79.7 Å². The molecule has 0 aliphatic heterocycles. The van der Waals surface area contributed by atoms with Crippen LogP contribution < -0.4 is 54.0 Å². The van der Waals surface area contributed by atoms with Crippen molar-refractivity contribution in [3.63, 3.8) is 0 Å². The Labute approximate surface area is 655 Å². The Bertz CT molecular complexity index is 3200. The average molecular weight is 1540 g/mol. The number of carbonyl (C=O) groups is 12. The summed E-state index contributed by atoms with van der Waals surface area (Å²) in [4.78, 5) is 145. The number of rotatable bonds is 34. The first-order chi connectivity index (χ1) is 49.3. The van der Waals surface area contributed by atoms with E-state index in [2.05, 4.69) is 42.5 Å². The van der Waals surface area contributed by atoms with Crippen LogP contribution in [0.25, 0.3) is 0 Å². The van der Waals surface area contributed by atoms with Crippen molar-refractivity contribution in [2.75, 3.05) is 23.7 Å². The predicted molar refractivity (Wildman–Crippen MR) is 439 cm³/mol. The lowest BCUT2D eigenvalue weighted by atomic mass is 9.78. The lowest BCUT2D eigenvalue weighted by Crippen LogP contribution is -2.47. The van der Waals surface area contributed by atoms with Gasteiger partial charge in [0.1, 0.15) is 47.9 Å². The van der Waals surface area contributed by atoms with E-state index in [1.54, 1.807) is 111 Å². The smallest absolute Gasteiger partial charge is 0.312 e. The zero-order valence-corrected chi connectivity index (χ0v) is 72.7. The molecule has 2 aromatic carbocycles. The van der Waals surface area contributed by atoms with Crippen molar-refractivity contribution < 1.29 is 67.0 Å². The molecule has 0 bridgehead atoms. The summed E-state index contributed by atoms with van der Waals surface area (Å²) < 4.78 is 10.6. The van der Waals surface area contributed by atoms with Crippen LogP contribution in [0.5, 0.6) is 0 Å². The molecular weight excluding hydrogens is 1390 g/mol. The Morgan fingerprint density at radius 1 is 0.385 bits per heavy atom. The molecule has 8 atom stereocenters. The van der Waals surface area contributed by atoms with Gasteiger partial charge in [0.05, 0.1) is 35.0 Å². The van der Waals surface area contributed by atoms with Crippen LogP contribution in [0.2, 0.25) is 0 Å². The predicted octanol–water partition coefficient (Wildman–Crippen LogP) is 13.6. The summed E-state index contributed by atoms with van der Waals surface area (Å²) in [7, 11) is 0. The van der Waals surface area contributed by atoms with E-state index in [1.807, 2.05) is 152 Å². The van der Waals surface area contributed by atoms with Crippen LogP contribution in [0, 0.1) is 50.7 Å². The maximum Gasteiger partial charge on any atom is 0.312 e. The number of Topliss-reactive ketones (excluding diaryl/α,β-unsaturated/α-hetero) is 6. The number of hydrogen-bond donors (Lipinski definition) is 11. The number of esters is 2. The van der Waals surface area contributed by atoms with Gasteiger partial charge in [0.2, 0.25) is 11.8 Å². The third kappa shape index (κ3) is 52.2. The molecule has 2 aromatic rings. The summed E-state index contributed by atoms with van der Waals surface area (Å²) in [5.41, 5.74) is 10.4. The molecule has 13 N–H and O–H groups in total. The SMILES string of the molecule is CC(CC(=O)C(C)NC(C)(C)C)C(=O)C(C)(C)C.CC(CC(=O)C(C)NC(C)(C)C)C(=O)Nc1ccc(COC(=O)C(C)(C)C)cc1.CC(NC(C)(C)C)C(=O)C[C@@H](CCCNC(N)=O)C(=O)C(C)(C)C.CC(NC(C)(C)C)C(=O)C[C@@H](CCCNC(N)=O)C(=O)Nc1ccc(COC(=O)C(C)(C)C)cc1.CC=N. The van der Waals surface area contributed by atoms with Gasteiger partial charge in [-0.25, -0.2) is 9.59 Å². The highest BCUT2D eigenvalue weighted by molar-refractivity contribution is 5.98. The summed E-state index contributed by atoms with van der Waals surface area (Å²) in [5, 5.41) is 29.8. The van der Waals surface area contributed by atoms with Crippen LogP contribution in [0.15, 0.2) is 48.5 Å². The van der Waals surface area contributed by atoms with Crippen LogP contribution in [-0.2, 0) is 70.6 Å². The second kappa shape index (κ2) is 48.2. The van der Waals surface area contributed by atoms with Crippen LogP contribution in [0.1, 0.15) is 277 Å². The molecule has 0 aliphatic carbocycles. The van der Waals surface area contributed by atoms with Crippen molar-refractivity contribution in [3.05, 3.63) is 59.7 Å². The fourth-order valence-electron chi connectivity index (χ4n) is 10.6. The molecule has 25 nitrogen and oxygen atoms in total. The van der Waals surface area contributed by atoms with Crippen molar-refractivity contribution in [2.45, 2.75) is 326 Å². The van der Waals surface area contributed by atoms with Gasteiger partial charge in [-0.3, -0.25) is 47.9 Å². The van der Waals surface area contributed by atoms with Gasteiger partial charge >= 0.3 is 24.0 Å². The second-order valence-electron chi connectivity index (χ2n) is 36.8. The number of urea groups is 2. The highest BCUT2D eigenvalue weighted by Crippen LogP contribution is 2.28. The molecule has 6 amide bonds. The van der Waals surface area contributed by atoms with Crippen molar-refractivity contribution in [3.8, 4) is 0 Å². The Kier molecular flexibility index (Phi) is 46.7. The number of ketones is 6. The van der Waals surface area contributed by atoms with Gasteiger partial charge in [0, 0.05) is 107 Å². The maximum atomic E-state index is 13.0. The minimum atomic E-state index is -0.627. The third-order valence-corrected chi connectivity index (χ3v) is 16.0. The lowest BCUT2D eigenvalue weighted by Gasteiger charge is -2.28. The van der Waals surface area contributed by atoms with E-state index in [-0.39, 0.29) is 148 Å². The standard InChI is InChI=1S/C26H42N4O5.C23H36N2O4.C18H35N3O3.C15H29NO2.C2H5N/c1-17(30-26(5,6)7)21(31)15-19(9-8-14-28-24(27)34)22(32)29-20-12-10-18(11-13-20)16-35-23(33)25(2,3)4;1-15(13-19(26)16(2)25-23(6,7)8)20(27)24-18-11-9-17(10-12-18)14-29-21(28)22(3,4)5;1-12(21-18(5,6)7)14(22)11-13(15(23)17(2,3)4)9-8-10-20-16(19)24;1-10(13(18)14(3,4)5)9-12(17)11(2)16-15(6,7)8;1-2-3/h10-13,17,19,30H,8-9,14-16H2,1-7H3,(H,29,32)(H3,27,28,34);9-12,15-16,25H,13-14H2,1-8H3,(H,24,27);12-13,21H,8-11H2,1-7H3,(H3,19,20,24);10-11,16H,9H2,1-8H3;2-3H,1H3/t17?,19-;;12?,13-;;/m1.1../s1. The first-order valence-electron chi connectivity index (χ1n) is 38.2. The highest BCUT2D eigenvalue weighted by atomic mass is 16.5. The number of ether oxygens (including phenoxy) is 2. The highest BCUT2D eigenvalue weighted by Gasteiger charge is 2.35.